The molecule has 3 N–H and O–H groups in total. The monoisotopic (exact) mass is 390 g/mol. The number of likely N-dealkylation sites (tertiary alicyclic amines) is 1. The summed E-state index contributed by atoms with van der Waals surface area (Å²) in [6, 6.07) is 7.14. The molecule has 0 spiro atoms. The number of hydrogen-bond acceptors (Lipinski definition) is 5. The number of carbonyl (C=O) groups excluding carboxylic acids is 2. The molecule has 4 rings (SSSR count). The van der Waals surface area contributed by atoms with Gasteiger partial charge in [0.25, 0.3) is 11.8 Å². The molecule has 2 aromatic rings. The highest BCUT2D eigenvalue weighted by molar-refractivity contribution is 5.92. The molecule has 0 radical (unpaired) electrons. The molecule has 2 amide bonds. The number of primary amides is 1. The molecule has 1 saturated heterocycles. The highest BCUT2D eigenvalue weighted by Gasteiger charge is 2.42. The van der Waals surface area contributed by atoms with Gasteiger partial charge in [0.1, 0.15) is 5.69 Å². The third kappa shape index (κ3) is 3.98. The van der Waals surface area contributed by atoms with Gasteiger partial charge in [0, 0.05) is 42.9 Å². The first kappa shape index (κ1) is 19.1. The summed E-state index contributed by atoms with van der Waals surface area (Å²) in [5.41, 5.74) is 6.22. The fourth-order valence-electron chi connectivity index (χ4n) is 3.42. The SMILES string of the molecule is CN1CC[C@@](O)(C#Cc2cccc(-c3ncc(CC4CC4)c(C(N)=O)n3)c2)C1=O. The van der Waals surface area contributed by atoms with Crippen molar-refractivity contribution in [2.75, 3.05) is 13.6 Å². The topological polar surface area (TPSA) is 109 Å². The molecule has 1 aromatic heterocycles. The number of hydrogen-bond donors (Lipinski definition) is 2. The quantitative estimate of drug-likeness (QED) is 0.761. The number of benzene rings is 1. The second-order valence-corrected chi connectivity index (χ2v) is 7.75. The minimum atomic E-state index is -1.65. The van der Waals surface area contributed by atoms with Crippen LogP contribution in [0.2, 0.25) is 0 Å². The highest BCUT2D eigenvalue weighted by Crippen LogP contribution is 2.33. The zero-order valence-electron chi connectivity index (χ0n) is 16.2. The van der Waals surface area contributed by atoms with Crippen molar-refractivity contribution in [2.24, 2.45) is 11.7 Å². The van der Waals surface area contributed by atoms with Crippen LogP contribution in [0.5, 0.6) is 0 Å². The van der Waals surface area contributed by atoms with Crippen LogP contribution in [-0.2, 0) is 11.2 Å². The van der Waals surface area contributed by atoms with Crippen LogP contribution in [0.3, 0.4) is 0 Å². The third-order valence-corrected chi connectivity index (χ3v) is 5.35. The number of aromatic nitrogens is 2. The standard InChI is InChI=1S/C22H22N4O3/c1-26-10-9-22(29,21(26)28)8-7-14-3-2-4-16(11-14)20-24-13-17(12-15-5-6-15)18(25-20)19(23)27/h2-4,11,13,15,29H,5-6,9-10,12H2,1H3,(H2,23,27)/t22-/m0/s1. The molecule has 0 bridgehead atoms. The lowest BCUT2D eigenvalue weighted by Crippen LogP contribution is -2.37. The van der Waals surface area contributed by atoms with E-state index < -0.39 is 11.5 Å². The van der Waals surface area contributed by atoms with Crippen LogP contribution in [0.4, 0.5) is 0 Å². The van der Waals surface area contributed by atoms with Gasteiger partial charge >= 0.3 is 0 Å². The lowest BCUT2D eigenvalue weighted by atomic mass is 10.0. The molecule has 1 aliphatic heterocycles. The van der Waals surface area contributed by atoms with Gasteiger partial charge < -0.3 is 15.7 Å². The number of aliphatic hydroxyl groups is 1. The van der Waals surface area contributed by atoms with Crippen LogP contribution >= 0.6 is 0 Å². The molecule has 2 fully saturated rings. The maximum Gasteiger partial charge on any atom is 0.267 e. The molecule has 29 heavy (non-hydrogen) atoms. The maximum atomic E-state index is 12.1. The van der Waals surface area contributed by atoms with E-state index in [0.717, 1.165) is 24.8 Å². The fourth-order valence-corrected chi connectivity index (χ4v) is 3.42. The molecule has 148 valence electrons. The lowest BCUT2D eigenvalue weighted by Gasteiger charge is -2.13. The Bertz CT molecular complexity index is 1050. The minimum Gasteiger partial charge on any atom is -0.369 e. The molecular formula is C22H22N4O3. The predicted octanol–water partition coefficient (Wildman–Crippen LogP) is 1.14. The van der Waals surface area contributed by atoms with Crippen molar-refractivity contribution in [1.82, 2.24) is 14.9 Å². The predicted molar refractivity (Wildman–Crippen MR) is 106 cm³/mol. The second-order valence-electron chi connectivity index (χ2n) is 7.75. The van der Waals surface area contributed by atoms with Crippen LogP contribution in [0.25, 0.3) is 11.4 Å². The van der Waals surface area contributed by atoms with E-state index in [4.69, 9.17) is 5.73 Å². The molecule has 0 unspecified atom stereocenters. The summed E-state index contributed by atoms with van der Waals surface area (Å²) in [5, 5.41) is 10.4. The molecule has 2 aliphatic rings. The smallest absolute Gasteiger partial charge is 0.267 e. The van der Waals surface area contributed by atoms with Crippen LogP contribution in [0.1, 0.15) is 40.9 Å². The summed E-state index contributed by atoms with van der Waals surface area (Å²) >= 11 is 0. The average Bonchev–Trinajstić information content (AvgIpc) is 3.50. The Kier molecular flexibility index (Phi) is 4.81. The molecule has 1 aromatic carbocycles. The summed E-state index contributed by atoms with van der Waals surface area (Å²) in [5.74, 6) is 5.60. The second kappa shape index (κ2) is 7.30. The number of nitrogens with zero attached hydrogens (tertiary/aromatic N) is 3. The Labute approximate surface area is 169 Å². The van der Waals surface area contributed by atoms with Gasteiger partial charge in [-0.05, 0) is 37.3 Å². The Hall–Kier alpha value is -3.24. The van der Waals surface area contributed by atoms with Crippen LogP contribution in [0.15, 0.2) is 30.5 Å². The molecule has 1 aliphatic carbocycles. The summed E-state index contributed by atoms with van der Waals surface area (Å²) in [6.45, 7) is 0.473. The van der Waals surface area contributed by atoms with E-state index in [1.165, 1.54) is 4.90 Å². The Morgan fingerprint density at radius 3 is 2.86 bits per heavy atom. The van der Waals surface area contributed by atoms with Crippen molar-refractivity contribution in [3.05, 3.63) is 47.3 Å². The first-order valence-electron chi connectivity index (χ1n) is 9.63. The van der Waals surface area contributed by atoms with Crippen molar-refractivity contribution in [3.63, 3.8) is 0 Å². The molecule has 7 nitrogen and oxygen atoms in total. The maximum absolute atomic E-state index is 12.1. The first-order valence-corrected chi connectivity index (χ1v) is 9.63. The summed E-state index contributed by atoms with van der Waals surface area (Å²) < 4.78 is 0. The van der Waals surface area contributed by atoms with Crippen molar-refractivity contribution >= 4 is 11.8 Å². The van der Waals surface area contributed by atoms with Gasteiger partial charge in [-0.2, -0.15) is 0 Å². The van der Waals surface area contributed by atoms with Crippen LogP contribution in [-0.4, -0.2) is 51.0 Å². The molecule has 1 saturated carbocycles. The lowest BCUT2D eigenvalue weighted by molar-refractivity contribution is -0.137. The normalized spacial score (nSPS) is 21.0. The van der Waals surface area contributed by atoms with Gasteiger partial charge in [0.2, 0.25) is 5.60 Å². The summed E-state index contributed by atoms with van der Waals surface area (Å²) in [6.07, 6.45) is 5.04. The van der Waals surface area contributed by atoms with E-state index in [0.29, 0.717) is 29.4 Å². The number of nitrogens with two attached hydrogens (primary N) is 1. The number of amides is 2. The minimum absolute atomic E-state index is 0.257. The molecule has 7 heteroatoms. The largest absolute Gasteiger partial charge is 0.369 e. The van der Waals surface area contributed by atoms with Gasteiger partial charge in [-0.15, -0.1) is 0 Å². The number of likely N-dealkylation sites (N-methyl/N-ethyl adjacent to an activating group) is 1. The van der Waals surface area contributed by atoms with Crippen molar-refractivity contribution < 1.29 is 14.7 Å². The fraction of sp³-hybridized carbons (Fsp3) is 0.364. The van der Waals surface area contributed by atoms with Crippen LogP contribution in [0, 0.1) is 17.8 Å². The van der Waals surface area contributed by atoms with E-state index in [1.54, 1.807) is 31.4 Å². The highest BCUT2D eigenvalue weighted by atomic mass is 16.3. The summed E-state index contributed by atoms with van der Waals surface area (Å²) in [7, 11) is 1.64. The van der Waals surface area contributed by atoms with Crippen molar-refractivity contribution in [1.29, 1.82) is 0 Å². The zero-order valence-corrected chi connectivity index (χ0v) is 16.2. The first-order chi connectivity index (χ1) is 13.9. The van der Waals surface area contributed by atoms with Crippen LogP contribution < -0.4 is 5.73 Å². The Morgan fingerprint density at radius 2 is 2.21 bits per heavy atom. The third-order valence-electron chi connectivity index (χ3n) is 5.35. The Morgan fingerprint density at radius 1 is 1.41 bits per heavy atom. The van der Waals surface area contributed by atoms with Crippen molar-refractivity contribution in [3.8, 4) is 23.2 Å². The van der Waals surface area contributed by atoms with Gasteiger partial charge in [-0.1, -0.05) is 24.0 Å². The van der Waals surface area contributed by atoms with E-state index >= 15 is 0 Å². The summed E-state index contributed by atoms with van der Waals surface area (Å²) in [4.78, 5) is 34.2. The van der Waals surface area contributed by atoms with E-state index in [-0.39, 0.29) is 18.0 Å². The number of carbonyl (C=O) groups is 2. The van der Waals surface area contributed by atoms with Gasteiger partial charge in [0.15, 0.2) is 5.82 Å². The van der Waals surface area contributed by atoms with E-state index in [2.05, 4.69) is 21.8 Å². The van der Waals surface area contributed by atoms with Crippen molar-refractivity contribution in [2.45, 2.75) is 31.3 Å². The van der Waals surface area contributed by atoms with Gasteiger partial charge in [0.05, 0.1) is 0 Å². The Balaban J connectivity index is 1.62. The number of rotatable bonds is 4. The van der Waals surface area contributed by atoms with Gasteiger partial charge in [-0.3, -0.25) is 9.59 Å². The average molecular weight is 390 g/mol. The molecule has 2 heterocycles. The molecule has 1 atom stereocenters. The molecular weight excluding hydrogens is 368 g/mol. The van der Waals surface area contributed by atoms with E-state index in [9.17, 15) is 14.7 Å². The van der Waals surface area contributed by atoms with Gasteiger partial charge in [-0.25, -0.2) is 9.97 Å². The zero-order chi connectivity index (χ0) is 20.6. The van der Waals surface area contributed by atoms with E-state index in [1.807, 2.05) is 6.07 Å².